The van der Waals surface area contributed by atoms with Crippen molar-refractivity contribution >= 4 is 11.6 Å². The molecule has 6 heteroatoms. The third-order valence-electron chi connectivity index (χ3n) is 4.16. The van der Waals surface area contributed by atoms with Gasteiger partial charge >= 0.3 is 0 Å². The van der Waals surface area contributed by atoms with Crippen LogP contribution < -0.4 is 10.4 Å². The van der Waals surface area contributed by atoms with Gasteiger partial charge in [-0.1, -0.05) is 47.5 Å². The molecule has 1 heterocycles. The number of carbonyl (C=O) groups excluding carboxylic acids is 1. The van der Waals surface area contributed by atoms with Crippen molar-refractivity contribution in [3.05, 3.63) is 70.5 Å². The fourth-order valence-electron chi connectivity index (χ4n) is 2.73. The van der Waals surface area contributed by atoms with E-state index in [2.05, 4.69) is 25.9 Å². The summed E-state index contributed by atoms with van der Waals surface area (Å²) in [6.07, 6.45) is 0.490. The fraction of sp³-hybridized carbons (Fsp3) is 0.263. The van der Waals surface area contributed by atoms with Gasteiger partial charge in [0.15, 0.2) is 0 Å². The van der Waals surface area contributed by atoms with E-state index < -0.39 is 5.92 Å². The van der Waals surface area contributed by atoms with Crippen LogP contribution in [0.5, 0.6) is 0 Å². The maximum absolute atomic E-state index is 12.9. The van der Waals surface area contributed by atoms with Gasteiger partial charge in [0.05, 0.1) is 5.92 Å². The van der Waals surface area contributed by atoms with Gasteiger partial charge in [-0.25, -0.2) is 0 Å². The molecular weight excluding hydrogens is 314 g/mol. The van der Waals surface area contributed by atoms with E-state index in [4.69, 9.17) is 0 Å². The van der Waals surface area contributed by atoms with Crippen LogP contribution in [-0.2, 0) is 11.2 Å². The minimum atomic E-state index is -0.543. The van der Waals surface area contributed by atoms with Gasteiger partial charge in [-0.3, -0.25) is 15.1 Å². The highest BCUT2D eigenvalue weighted by Gasteiger charge is 2.21. The van der Waals surface area contributed by atoms with Gasteiger partial charge in [-0.15, -0.1) is 0 Å². The first kappa shape index (κ1) is 16.8. The molecule has 0 saturated carbocycles. The number of hydrogen-bond acceptors (Lipinski definition) is 4. The van der Waals surface area contributed by atoms with Crippen molar-refractivity contribution in [2.24, 2.45) is 0 Å². The van der Waals surface area contributed by atoms with Gasteiger partial charge < -0.3 is 10.4 Å². The molecule has 0 fully saturated rings. The second kappa shape index (κ2) is 7.25. The topological polar surface area (TPSA) is 81.9 Å². The number of tetrazole rings is 1. The molecule has 0 unspecified atom stereocenters. The molecule has 0 radical (unpaired) electrons. The van der Waals surface area contributed by atoms with Crippen LogP contribution in [0.15, 0.2) is 42.5 Å². The molecule has 128 valence electrons. The molecule has 0 aliphatic carbocycles. The van der Waals surface area contributed by atoms with Crippen molar-refractivity contribution in [2.45, 2.75) is 33.1 Å². The first-order valence-corrected chi connectivity index (χ1v) is 8.15. The standard InChI is InChI=1S/C19H21N5O/c1-12-4-7-15(8-5-12)11-16(18-21-23-24-22-18)19(25)20-17-9-6-13(2)10-14(17)3/h4-10,16H,11H2,1-3H3,(H2,20,21,22,23,24,25)/p-1/t16-/m0/s1. The Morgan fingerprint density at radius 2 is 1.80 bits per heavy atom. The Labute approximate surface area is 146 Å². The quantitative estimate of drug-likeness (QED) is 0.776. The normalized spacial score (nSPS) is 12.0. The number of hydrogen-bond donors (Lipinski definition) is 1. The van der Waals surface area contributed by atoms with E-state index in [-0.39, 0.29) is 5.91 Å². The highest BCUT2D eigenvalue weighted by Crippen LogP contribution is 2.22. The second-order valence-corrected chi connectivity index (χ2v) is 6.29. The number of aryl methyl sites for hydroxylation is 3. The number of aromatic nitrogens is 4. The number of anilines is 1. The monoisotopic (exact) mass is 334 g/mol. The van der Waals surface area contributed by atoms with Crippen molar-refractivity contribution in [1.29, 1.82) is 0 Å². The van der Waals surface area contributed by atoms with Crippen LogP contribution in [0.2, 0.25) is 0 Å². The Bertz CT molecular complexity index is 856. The summed E-state index contributed by atoms with van der Waals surface area (Å²) in [6, 6.07) is 14.0. The van der Waals surface area contributed by atoms with Crippen molar-refractivity contribution in [2.75, 3.05) is 5.32 Å². The highest BCUT2D eigenvalue weighted by atomic mass is 16.1. The average molecular weight is 334 g/mol. The van der Waals surface area contributed by atoms with Crippen molar-refractivity contribution in [3.63, 3.8) is 0 Å². The van der Waals surface area contributed by atoms with E-state index in [0.717, 1.165) is 22.4 Å². The van der Waals surface area contributed by atoms with Gasteiger partial charge in [0, 0.05) is 11.5 Å². The predicted octanol–water partition coefficient (Wildman–Crippen LogP) is 2.72. The highest BCUT2D eigenvalue weighted by molar-refractivity contribution is 5.96. The Hall–Kier alpha value is -3.02. The second-order valence-electron chi connectivity index (χ2n) is 6.29. The molecule has 0 spiro atoms. The maximum Gasteiger partial charge on any atom is 0.232 e. The molecule has 0 bridgehead atoms. The van der Waals surface area contributed by atoms with Gasteiger partial charge in [0.1, 0.15) is 0 Å². The minimum Gasteiger partial charge on any atom is -0.335 e. The van der Waals surface area contributed by atoms with E-state index >= 15 is 0 Å². The van der Waals surface area contributed by atoms with Gasteiger partial charge in [0.25, 0.3) is 0 Å². The smallest absolute Gasteiger partial charge is 0.232 e. The SMILES string of the molecule is Cc1ccc(C[C@H](C(=O)Nc2ccc(C)cc2C)c2nnn[n-]2)cc1. The molecule has 1 amide bonds. The zero-order chi connectivity index (χ0) is 17.8. The summed E-state index contributed by atoms with van der Waals surface area (Å²) in [4.78, 5) is 12.9. The molecule has 1 aromatic heterocycles. The Morgan fingerprint density at radius 3 is 2.44 bits per heavy atom. The van der Waals surface area contributed by atoms with Crippen molar-refractivity contribution < 1.29 is 4.79 Å². The van der Waals surface area contributed by atoms with Crippen LogP contribution >= 0.6 is 0 Å². The molecule has 2 aromatic carbocycles. The summed E-state index contributed by atoms with van der Waals surface area (Å²) in [7, 11) is 0. The summed E-state index contributed by atoms with van der Waals surface area (Å²) in [5.41, 5.74) is 5.17. The fourth-order valence-corrected chi connectivity index (χ4v) is 2.73. The first-order valence-electron chi connectivity index (χ1n) is 8.15. The van der Waals surface area contributed by atoms with Gasteiger partial charge in [0.2, 0.25) is 5.91 Å². The van der Waals surface area contributed by atoms with E-state index in [1.807, 2.05) is 63.2 Å². The van der Waals surface area contributed by atoms with Crippen LogP contribution in [0.4, 0.5) is 5.69 Å². The van der Waals surface area contributed by atoms with Crippen LogP contribution in [0.25, 0.3) is 0 Å². The Kier molecular flexibility index (Phi) is 4.88. The third kappa shape index (κ3) is 4.09. The van der Waals surface area contributed by atoms with Crippen LogP contribution in [-0.4, -0.2) is 21.4 Å². The summed E-state index contributed by atoms with van der Waals surface area (Å²) in [5.74, 6) is -0.372. The zero-order valence-electron chi connectivity index (χ0n) is 14.5. The van der Waals surface area contributed by atoms with E-state index in [0.29, 0.717) is 12.2 Å². The van der Waals surface area contributed by atoms with E-state index in [1.165, 1.54) is 5.56 Å². The number of carbonyl (C=O) groups is 1. The Morgan fingerprint density at radius 1 is 1.08 bits per heavy atom. The van der Waals surface area contributed by atoms with Crippen LogP contribution in [0.1, 0.15) is 34.0 Å². The lowest BCUT2D eigenvalue weighted by atomic mass is 9.96. The molecule has 1 N–H and O–H groups in total. The average Bonchev–Trinajstić information content (AvgIpc) is 3.11. The molecule has 6 nitrogen and oxygen atoms in total. The lowest BCUT2D eigenvalue weighted by molar-refractivity contribution is -0.117. The van der Waals surface area contributed by atoms with Crippen molar-refractivity contribution in [1.82, 2.24) is 20.6 Å². The number of rotatable bonds is 5. The molecule has 0 saturated heterocycles. The van der Waals surface area contributed by atoms with Crippen LogP contribution in [0.3, 0.4) is 0 Å². The number of nitrogens with zero attached hydrogens (tertiary/aromatic N) is 4. The molecular formula is C19H20N5O-. The minimum absolute atomic E-state index is 0.165. The van der Waals surface area contributed by atoms with Gasteiger partial charge in [-0.2, -0.15) is 5.21 Å². The maximum atomic E-state index is 12.9. The van der Waals surface area contributed by atoms with Gasteiger partial charge in [-0.05, 0) is 44.4 Å². The number of nitrogens with one attached hydrogen (secondary N) is 1. The van der Waals surface area contributed by atoms with Crippen LogP contribution in [0, 0.1) is 20.8 Å². The summed E-state index contributed by atoms with van der Waals surface area (Å²) in [6.45, 7) is 6.02. The summed E-state index contributed by atoms with van der Waals surface area (Å²) < 4.78 is 0. The number of benzene rings is 2. The predicted molar refractivity (Wildman–Crippen MR) is 95.3 cm³/mol. The number of amides is 1. The largest absolute Gasteiger partial charge is 0.335 e. The molecule has 0 aliphatic heterocycles. The lowest BCUT2D eigenvalue weighted by Crippen LogP contribution is -2.25. The lowest BCUT2D eigenvalue weighted by Gasteiger charge is -2.18. The summed E-state index contributed by atoms with van der Waals surface area (Å²) >= 11 is 0. The molecule has 3 aromatic rings. The first-order chi connectivity index (χ1) is 12.0. The Balaban J connectivity index is 1.83. The van der Waals surface area contributed by atoms with E-state index in [9.17, 15) is 4.79 Å². The molecule has 25 heavy (non-hydrogen) atoms. The molecule has 1 atom stereocenters. The molecule has 3 rings (SSSR count). The zero-order valence-corrected chi connectivity index (χ0v) is 14.5. The summed E-state index contributed by atoms with van der Waals surface area (Å²) in [5, 5.41) is 17.8. The van der Waals surface area contributed by atoms with E-state index in [1.54, 1.807) is 0 Å². The van der Waals surface area contributed by atoms with Crippen molar-refractivity contribution in [3.8, 4) is 0 Å². The third-order valence-corrected chi connectivity index (χ3v) is 4.16. The molecule has 0 aliphatic rings.